The van der Waals surface area contributed by atoms with Crippen LogP contribution in [0.1, 0.15) is 33.7 Å². The number of nitrogens with zero attached hydrogens (tertiary/aromatic N) is 2. The van der Waals surface area contributed by atoms with Crippen molar-refractivity contribution in [3.63, 3.8) is 0 Å². The fourth-order valence-electron chi connectivity index (χ4n) is 3.27. The lowest BCUT2D eigenvalue weighted by Gasteiger charge is -2.24. The summed E-state index contributed by atoms with van der Waals surface area (Å²) in [5, 5.41) is 4.25. The zero-order chi connectivity index (χ0) is 19.3. The summed E-state index contributed by atoms with van der Waals surface area (Å²) < 4.78 is 5.32. The molecular formula is C23H22N2O3. The van der Waals surface area contributed by atoms with E-state index in [1.54, 1.807) is 17.0 Å². The Kier molecular flexibility index (Phi) is 5.24. The predicted molar refractivity (Wildman–Crippen MR) is 107 cm³/mol. The Hall–Kier alpha value is -3.34. The minimum atomic E-state index is -0.182. The lowest BCUT2D eigenvalue weighted by atomic mass is 10.0. The van der Waals surface area contributed by atoms with Gasteiger partial charge in [-0.1, -0.05) is 65.3 Å². The molecule has 5 heteroatoms. The van der Waals surface area contributed by atoms with Crippen LogP contribution in [0.5, 0.6) is 0 Å². The molecule has 0 bridgehead atoms. The second kappa shape index (κ2) is 8.13. The van der Waals surface area contributed by atoms with Crippen molar-refractivity contribution in [3.8, 4) is 0 Å². The van der Waals surface area contributed by atoms with Crippen molar-refractivity contribution in [2.75, 3.05) is 6.54 Å². The van der Waals surface area contributed by atoms with Crippen LogP contribution >= 0.6 is 0 Å². The number of carbonyl (C=O) groups is 1. The van der Waals surface area contributed by atoms with Gasteiger partial charge in [-0.3, -0.25) is 4.79 Å². The smallest absolute Gasteiger partial charge is 0.289 e. The van der Waals surface area contributed by atoms with Crippen LogP contribution in [0.3, 0.4) is 0 Å². The van der Waals surface area contributed by atoms with Gasteiger partial charge in [-0.15, -0.1) is 0 Å². The van der Waals surface area contributed by atoms with E-state index in [0.717, 1.165) is 16.8 Å². The monoisotopic (exact) mass is 374 g/mol. The third kappa shape index (κ3) is 4.14. The number of aryl methyl sites for hydroxylation is 1. The van der Waals surface area contributed by atoms with Crippen LogP contribution in [0, 0.1) is 6.92 Å². The van der Waals surface area contributed by atoms with Gasteiger partial charge < -0.3 is 14.2 Å². The van der Waals surface area contributed by atoms with Gasteiger partial charge in [0, 0.05) is 13.0 Å². The van der Waals surface area contributed by atoms with Gasteiger partial charge >= 0.3 is 0 Å². The second-order valence-corrected chi connectivity index (χ2v) is 6.98. The number of amides is 1. The van der Waals surface area contributed by atoms with Crippen molar-refractivity contribution in [2.45, 2.75) is 26.0 Å². The molecule has 0 radical (unpaired) electrons. The molecule has 1 aliphatic heterocycles. The highest BCUT2D eigenvalue weighted by Crippen LogP contribution is 2.20. The van der Waals surface area contributed by atoms with E-state index in [0.29, 0.717) is 25.3 Å². The van der Waals surface area contributed by atoms with Crippen LogP contribution in [0.15, 0.2) is 82.6 Å². The van der Waals surface area contributed by atoms with Gasteiger partial charge in [-0.2, -0.15) is 0 Å². The Bertz CT molecular complexity index is 947. The molecule has 1 atom stereocenters. The van der Waals surface area contributed by atoms with E-state index in [-0.39, 0.29) is 12.0 Å². The molecule has 0 spiro atoms. The SMILES string of the molecule is Cc1ccc(C2=NO[C@H](CN(Cc3ccccc3)C(=O)c3ccco3)C2)cc1. The van der Waals surface area contributed by atoms with Gasteiger partial charge in [-0.25, -0.2) is 0 Å². The first-order chi connectivity index (χ1) is 13.7. The first-order valence-electron chi connectivity index (χ1n) is 9.35. The highest BCUT2D eigenvalue weighted by Gasteiger charge is 2.28. The summed E-state index contributed by atoms with van der Waals surface area (Å²) in [7, 11) is 0. The molecular weight excluding hydrogens is 352 g/mol. The van der Waals surface area contributed by atoms with Gasteiger partial charge in [-0.05, 0) is 30.2 Å². The lowest BCUT2D eigenvalue weighted by Crippen LogP contribution is -2.37. The maximum absolute atomic E-state index is 12.9. The van der Waals surface area contributed by atoms with Gasteiger partial charge in [0.1, 0.15) is 0 Å². The zero-order valence-corrected chi connectivity index (χ0v) is 15.7. The molecule has 2 aromatic carbocycles. The van der Waals surface area contributed by atoms with E-state index in [1.165, 1.54) is 11.8 Å². The molecule has 0 N–H and O–H groups in total. The van der Waals surface area contributed by atoms with Gasteiger partial charge in [0.2, 0.25) is 0 Å². The highest BCUT2D eigenvalue weighted by molar-refractivity contribution is 6.01. The number of carbonyl (C=O) groups excluding carboxylic acids is 1. The zero-order valence-electron chi connectivity index (χ0n) is 15.7. The number of oxime groups is 1. The number of hydrogen-bond donors (Lipinski definition) is 0. The minimum Gasteiger partial charge on any atom is -0.459 e. The average molecular weight is 374 g/mol. The highest BCUT2D eigenvalue weighted by atomic mass is 16.6. The van der Waals surface area contributed by atoms with E-state index >= 15 is 0 Å². The number of benzene rings is 2. The largest absolute Gasteiger partial charge is 0.459 e. The normalized spacial score (nSPS) is 15.8. The molecule has 0 aliphatic carbocycles. The summed E-state index contributed by atoms with van der Waals surface area (Å²) in [5.41, 5.74) is 4.23. The maximum atomic E-state index is 12.9. The minimum absolute atomic E-state index is 0.152. The van der Waals surface area contributed by atoms with Gasteiger partial charge in [0.05, 0.1) is 18.5 Å². The Morgan fingerprint density at radius 2 is 1.86 bits per heavy atom. The summed E-state index contributed by atoms with van der Waals surface area (Å²) in [5.74, 6) is 0.176. The van der Waals surface area contributed by atoms with Crippen molar-refractivity contribution in [3.05, 3.63) is 95.4 Å². The van der Waals surface area contributed by atoms with E-state index in [1.807, 2.05) is 30.3 Å². The molecule has 0 unspecified atom stereocenters. The number of rotatable bonds is 6. The standard InChI is InChI=1S/C23H22N2O3/c1-17-9-11-19(12-10-17)21-14-20(28-24-21)16-25(15-18-6-3-2-4-7-18)23(26)22-8-5-13-27-22/h2-13,20H,14-16H2,1H3/t20-/m0/s1. The molecule has 1 aromatic heterocycles. The molecule has 1 amide bonds. The van der Waals surface area contributed by atoms with Gasteiger partial charge in [0.15, 0.2) is 11.9 Å². The average Bonchev–Trinajstić information content (AvgIpc) is 3.41. The molecule has 3 aromatic rings. The van der Waals surface area contributed by atoms with E-state index in [9.17, 15) is 4.79 Å². The van der Waals surface area contributed by atoms with Crippen molar-refractivity contribution < 1.29 is 14.0 Å². The van der Waals surface area contributed by atoms with Crippen molar-refractivity contribution in [2.24, 2.45) is 5.16 Å². The molecule has 0 saturated heterocycles. The van der Waals surface area contributed by atoms with E-state index in [4.69, 9.17) is 9.25 Å². The van der Waals surface area contributed by atoms with Crippen LogP contribution in [-0.2, 0) is 11.4 Å². The fourth-order valence-corrected chi connectivity index (χ4v) is 3.27. The van der Waals surface area contributed by atoms with Crippen LogP contribution in [0.25, 0.3) is 0 Å². The number of furan rings is 1. The topological polar surface area (TPSA) is 55.0 Å². The summed E-state index contributed by atoms with van der Waals surface area (Å²) in [4.78, 5) is 20.3. The first kappa shape index (κ1) is 18.0. The Morgan fingerprint density at radius 3 is 2.57 bits per heavy atom. The molecule has 142 valence electrons. The predicted octanol–water partition coefficient (Wildman–Crippen LogP) is 4.42. The summed E-state index contributed by atoms with van der Waals surface area (Å²) in [6.07, 6.45) is 2.00. The third-order valence-electron chi connectivity index (χ3n) is 4.78. The quantitative estimate of drug-likeness (QED) is 0.642. The summed E-state index contributed by atoms with van der Waals surface area (Å²) in [6, 6.07) is 21.5. The molecule has 0 fully saturated rings. The van der Waals surface area contributed by atoms with E-state index in [2.05, 4.69) is 36.3 Å². The van der Waals surface area contributed by atoms with Crippen LogP contribution in [0.4, 0.5) is 0 Å². The lowest BCUT2D eigenvalue weighted by molar-refractivity contribution is 0.0387. The molecule has 0 saturated carbocycles. The summed E-state index contributed by atoms with van der Waals surface area (Å²) >= 11 is 0. The molecule has 4 rings (SSSR count). The molecule has 2 heterocycles. The van der Waals surface area contributed by atoms with Crippen molar-refractivity contribution in [1.29, 1.82) is 0 Å². The summed E-state index contributed by atoms with van der Waals surface area (Å²) in [6.45, 7) is 2.98. The first-order valence-corrected chi connectivity index (χ1v) is 9.35. The van der Waals surface area contributed by atoms with Gasteiger partial charge in [0.25, 0.3) is 5.91 Å². The second-order valence-electron chi connectivity index (χ2n) is 6.98. The van der Waals surface area contributed by atoms with E-state index < -0.39 is 0 Å². The van der Waals surface area contributed by atoms with Crippen molar-refractivity contribution >= 4 is 11.6 Å². The molecule has 1 aliphatic rings. The van der Waals surface area contributed by atoms with Crippen LogP contribution in [-0.4, -0.2) is 29.2 Å². The third-order valence-corrected chi connectivity index (χ3v) is 4.78. The Morgan fingerprint density at radius 1 is 1.07 bits per heavy atom. The molecule has 5 nitrogen and oxygen atoms in total. The number of hydrogen-bond acceptors (Lipinski definition) is 4. The Balaban J connectivity index is 1.47. The Labute approximate surface area is 164 Å². The van der Waals surface area contributed by atoms with Crippen LogP contribution < -0.4 is 0 Å². The van der Waals surface area contributed by atoms with Crippen LogP contribution in [0.2, 0.25) is 0 Å². The van der Waals surface area contributed by atoms with Crippen molar-refractivity contribution in [1.82, 2.24) is 4.90 Å². The fraction of sp³-hybridized carbons (Fsp3) is 0.217. The maximum Gasteiger partial charge on any atom is 0.289 e. The molecule has 28 heavy (non-hydrogen) atoms.